The van der Waals surface area contributed by atoms with Crippen molar-refractivity contribution in [3.8, 4) is 0 Å². The van der Waals surface area contributed by atoms with Crippen molar-refractivity contribution in [2.75, 3.05) is 32.8 Å². The fourth-order valence-corrected chi connectivity index (χ4v) is 4.70. The van der Waals surface area contributed by atoms with E-state index in [4.69, 9.17) is 4.74 Å². The summed E-state index contributed by atoms with van der Waals surface area (Å²) >= 11 is 0. The van der Waals surface area contributed by atoms with Crippen molar-refractivity contribution in [3.63, 3.8) is 0 Å². The SMILES string of the molecule is CCOCC1CC(CN2CCC3(CCCCC3)C2)C1. The summed E-state index contributed by atoms with van der Waals surface area (Å²) in [5.74, 6) is 1.85. The maximum atomic E-state index is 5.53. The van der Waals surface area contributed by atoms with Gasteiger partial charge in [-0.1, -0.05) is 19.3 Å². The first kappa shape index (κ1) is 13.9. The average molecular weight is 265 g/mol. The number of hydrogen-bond donors (Lipinski definition) is 0. The van der Waals surface area contributed by atoms with Gasteiger partial charge in [0, 0.05) is 26.3 Å². The first-order valence-electron chi connectivity index (χ1n) is 8.60. The third kappa shape index (κ3) is 3.33. The minimum Gasteiger partial charge on any atom is -0.381 e. The fraction of sp³-hybridized carbons (Fsp3) is 1.00. The zero-order valence-corrected chi connectivity index (χ0v) is 12.7. The van der Waals surface area contributed by atoms with E-state index in [1.807, 2.05) is 0 Å². The minimum absolute atomic E-state index is 0.743. The van der Waals surface area contributed by atoms with E-state index in [1.165, 1.54) is 71.0 Å². The van der Waals surface area contributed by atoms with Crippen molar-refractivity contribution >= 4 is 0 Å². The van der Waals surface area contributed by atoms with Crippen molar-refractivity contribution in [1.82, 2.24) is 4.90 Å². The standard InChI is InChI=1S/C17H31NO/c1-2-19-13-16-10-15(11-16)12-18-9-8-17(14-18)6-4-3-5-7-17/h15-16H,2-14H2,1H3. The minimum atomic E-state index is 0.743. The van der Waals surface area contributed by atoms with E-state index in [0.29, 0.717) is 0 Å². The van der Waals surface area contributed by atoms with Gasteiger partial charge in [-0.25, -0.2) is 0 Å². The molecule has 0 bridgehead atoms. The Balaban J connectivity index is 1.36. The van der Waals surface area contributed by atoms with Crippen LogP contribution in [-0.4, -0.2) is 37.7 Å². The molecule has 2 nitrogen and oxygen atoms in total. The highest BCUT2D eigenvalue weighted by atomic mass is 16.5. The normalized spacial score (nSPS) is 34.6. The van der Waals surface area contributed by atoms with Crippen LogP contribution in [0.25, 0.3) is 0 Å². The van der Waals surface area contributed by atoms with Crippen LogP contribution in [-0.2, 0) is 4.74 Å². The summed E-state index contributed by atoms with van der Waals surface area (Å²) in [6.07, 6.45) is 11.8. The molecule has 1 aliphatic heterocycles. The lowest BCUT2D eigenvalue weighted by atomic mass is 9.73. The number of ether oxygens (including phenoxy) is 1. The molecule has 110 valence electrons. The van der Waals surface area contributed by atoms with E-state index >= 15 is 0 Å². The van der Waals surface area contributed by atoms with E-state index in [-0.39, 0.29) is 0 Å². The second-order valence-electron chi connectivity index (χ2n) is 7.41. The lowest BCUT2D eigenvalue weighted by molar-refractivity contribution is 0.0369. The van der Waals surface area contributed by atoms with Crippen LogP contribution in [0.3, 0.4) is 0 Å². The molecule has 2 heteroatoms. The molecule has 1 saturated heterocycles. The summed E-state index contributed by atoms with van der Waals surface area (Å²) in [4.78, 5) is 2.78. The van der Waals surface area contributed by atoms with Gasteiger partial charge in [0.05, 0.1) is 0 Å². The van der Waals surface area contributed by atoms with Gasteiger partial charge in [-0.2, -0.15) is 0 Å². The molecule has 1 spiro atoms. The largest absolute Gasteiger partial charge is 0.381 e. The van der Waals surface area contributed by atoms with Crippen molar-refractivity contribution in [2.24, 2.45) is 17.3 Å². The quantitative estimate of drug-likeness (QED) is 0.751. The molecule has 2 aliphatic carbocycles. The van der Waals surface area contributed by atoms with Gasteiger partial charge < -0.3 is 9.64 Å². The van der Waals surface area contributed by atoms with Gasteiger partial charge in [0.2, 0.25) is 0 Å². The molecular weight excluding hydrogens is 234 g/mol. The predicted octanol–water partition coefficient (Wildman–Crippen LogP) is 3.71. The second kappa shape index (κ2) is 6.13. The van der Waals surface area contributed by atoms with E-state index < -0.39 is 0 Å². The maximum Gasteiger partial charge on any atom is 0.0494 e. The Hall–Kier alpha value is -0.0800. The van der Waals surface area contributed by atoms with Crippen molar-refractivity contribution in [3.05, 3.63) is 0 Å². The molecule has 3 rings (SSSR count). The van der Waals surface area contributed by atoms with Crippen LogP contribution in [0.1, 0.15) is 58.3 Å². The zero-order valence-electron chi connectivity index (χ0n) is 12.7. The number of hydrogen-bond acceptors (Lipinski definition) is 2. The molecule has 0 aromatic rings. The van der Waals surface area contributed by atoms with E-state index in [2.05, 4.69) is 11.8 Å². The molecule has 0 radical (unpaired) electrons. The van der Waals surface area contributed by atoms with Crippen LogP contribution < -0.4 is 0 Å². The van der Waals surface area contributed by atoms with Crippen molar-refractivity contribution < 1.29 is 4.74 Å². The summed E-state index contributed by atoms with van der Waals surface area (Å²) < 4.78 is 5.53. The Morgan fingerprint density at radius 3 is 2.58 bits per heavy atom. The maximum absolute atomic E-state index is 5.53. The molecule has 3 aliphatic rings. The van der Waals surface area contributed by atoms with Gasteiger partial charge in [-0.3, -0.25) is 0 Å². The number of rotatable bonds is 5. The highest BCUT2D eigenvalue weighted by Gasteiger charge is 2.40. The second-order valence-corrected chi connectivity index (χ2v) is 7.41. The van der Waals surface area contributed by atoms with Crippen LogP contribution in [0.2, 0.25) is 0 Å². The van der Waals surface area contributed by atoms with Crippen LogP contribution in [0.5, 0.6) is 0 Å². The first-order valence-corrected chi connectivity index (χ1v) is 8.60. The van der Waals surface area contributed by atoms with Crippen LogP contribution in [0.4, 0.5) is 0 Å². The van der Waals surface area contributed by atoms with Gasteiger partial charge in [0.25, 0.3) is 0 Å². The average Bonchev–Trinajstić information content (AvgIpc) is 2.76. The van der Waals surface area contributed by atoms with Gasteiger partial charge in [-0.05, 0) is 62.8 Å². The molecule has 3 fully saturated rings. The smallest absolute Gasteiger partial charge is 0.0494 e. The topological polar surface area (TPSA) is 12.5 Å². The third-order valence-electron chi connectivity index (χ3n) is 5.84. The lowest BCUT2D eigenvalue weighted by Crippen LogP contribution is -2.38. The summed E-state index contributed by atoms with van der Waals surface area (Å²) in [5, 5.41) is 0. The Bertz CT molecular complexity index is 279. The van der Waals surface area contributed by atoms with Crippen molar-refractivity contribution in [1.29, 1.82) is 0 Å². The highest BCUT2D eigenvalue weighted by Crippen LogP contribution is 2.44. The molecule has 0 N–H and O–H groups in total. The highest BCUT2D eigenvalue weighted by molar-refractivity contribution is 4.93. The lowest BCUT2D eigenvalue weighted by Gasteiger charge is -2.38. The Kier molecular flexibility index (Phi) is 4.48. The predicted molar refractivity (Wildman–Crippen MR) is 79.3 cm³/mol. The summed E-state index contributed by atoms with van der Waals surface area (Å²) in [5.41, 5.74) is 0.743. The van der Waals surface area contributed by atoms with E-state index in [0.717, 1.165) is 30.5 Å². The van der Waals surface area contributed by atoms with E-state index in [1.54, 1.807) is 0 Å². The Labute approximate surface area is 118 Å². The number of nitrogens with zero attached hydrogens (tertiary/aromatic N) is 1. The molecular formula is C17H31NO. The molecule has 19 heavy (non-hydrogen) atoms. The fourth-order valence-electron chi connectivity index (χ4n) is 4.70. The van der Waals surface area contributed by atoms with Crippen LogP contribution >= 0.6 is 0 Å². The van der Waals surface area contributed by atoms with Crippen LogP contribution in [0, 0.1) is 17.3 Å². The molecule has 0 aromatic heterocycles. The Morgan fingerprint density at radius 1 is 1.05 bits per heavy atom. The summed E-state index contributed by atoms with van der Waals surface area (Å²) in [7, 11) is 0. The van der Waals surface area contributed by atoms with Gasteiger partial charge in [0.1, 0.15) is 0 Å². The molecule has 1 heterocycles. The summed E-state index contributed by atoms with van der Waals surface area (Å²) in [6, 6.07) is 0. The van der Waals surface area contributed by atoms with Gasteiger partial charge in [0.15, 0.2) is 0 Å². The monoisotopic (exact) mass is 265 g/mol. The van der Waals surface area contributed by atoms with Gasteiger partial charge >= 0.3 is 0 Å². The first-order chi connectivity index (χ1) is 9.30. The molecule has 0 unspecified atom stereocenters. The molecule has 0 amide bonds. The Morgan fingerprint density at radius 2 is 1.84 bits per heavy atom. The van der Waals surface area contributed by atoms with Crippen LogP contribution in [0.15, 0.2) is 0 Å². The van der Waals surface area contributed by atoms with Crippen molar-refractivity contribution in [2.45, 2.75) is 58.3 Å². The summed E-state index contributed by atoms with van der Waals surface area (Å²) in [6.45, 7) is 8.17. The molecule has 0 aromatic carbocycles. The number of likely N-dealkylation sites (tertiary alicyclic amines) is 1. The molecule has 2 saturated carbocycles. The zero-order chi connectivity index (χ0) is 13.1. The van der Waals surface area contributed by atoms with Gasteiger partial charge in [-0.15, -0.1) is 0 Å². The molecule has 0 atom stereocenters. The van der Waals surface area contributed by atoms with E-state index in [9.17, 15) is 0 Å². The third-order valence-corrected chi connectivity index (χ3v) is 5.84.